The van der Waals surface area contributed by atoms with E-state index in [-0.39, 0.29) is 6.61 Å². The maximum atomic E-state index is 12.4. The monoisotopic (exact) mass is 462 g/mol. The van der Waals surface area contributed by atoms with E-state index >= 15 is 0 Å². The first kappa shape index (κ1) is 22.3. The SMILES string of the molecule is COc1ccc(COC(=O)c2ccc(-n3nnnc3SCc3ccc(OC)cc3)cc2)cc1. The third-order valence-electron chi connectivity index (χ3n) is 4.84. The number of thioether (sulfide) groups is 1. The smallest absolute Gasteiger partial charge is 0.338 e. The molecule has 168 valence electrons. The van der Waals surface area contributed by atoms with Crippen molar-refractivity contribution in [2.24, 2.45) is 0 Å². The van der Waals surface area contributed by atoms with Crippen LogP contribution in [0.25, 0.3) is 5.69 Å². The summed E-state index contributed by atoms with van der Waals surface area (Å²) in [5, 5.41) is 12.6. The fourth-order valence-electron chi connectivity index (χ4n) is 2.99. The molecular weight excluding hydrogens is 440 g/mol. The van der Waals surface area contributed by atoms with Gasteiger partial charge in [-0.25, -0.2) is 4.79 Å². The van der Waals surface area contributed by atoms with Gasteiger partial charge in [0.25, 0.3) is 0 Å². The molecule has 4 aromatic rings. The molecule has 0 radical (unpaired) electrons. The van der Waals surface area contributed by atoms with Crippen molar-refractivity contribution in [1.29, 1.82) is 0 Å². The maximum absolute atomic E-state index is 12.4. The average Bonchev–Trinajstić information content (AvgIpc) is 3.35. The van der Waals surface area contributed by atoms with Crippen molar-refractivity contribution in [3.05, 3.63) is 89.5 Å². The lowest BCUT2D eigenvalue weighted by atomic mass is 10.2. The van der Waals surface area contributed by atoms with Crippen LogP contribution in [-0.4, -0.2) is 40.4 Å². The number of rotatable bonds is 9. The zero-order valence-corrected chi connectivity index (χ0v) is 19.0. The van der Waals surface area contributed by atoms with Crippen molar-refractivity contribution < 1.29 is 19.0 Å². The molecule has 0 saturated heterocycles. The van der Waals surface area contributed by atoms with Crippen LogP contribution >= 0.6 is 11.8 Å². The Kier molecular flexibility index (Phi) is 7.21. The van der Waals surface area contributed by atoms with Gasteiger partial charge in [0.05, 0.1) is 25.5 Å². The Morgan fingerprint density at radius 1 is 0.848 bits per heavy atom. The Morgan fingerprint density at radius 2 is 1.45 bits per heavy atom. The summed E-state index contributed by atoms with van der Waals surface area (Å²) in [7, 11) is 3.25. The number of ether oxygens (including phenoxy) is 3. The van der Waals surface area contributed by atoms with Crippen LogP contribution in [0.3, 0.4) is 0 Å². The molecule has 0 saturated carbocycles. The fourth-order valence-corrected chi connectivity index (χ4v) is 3.84. The van der Waals surface area contributed by atoms with E-state index in [9.17, 15) is 4.79 Å². The molecule has 0 aliphatic carbocycles. The molecule has 0 bridgehead atoms. The molecule has 0 spiro atoms. The lowest BCUT2D eigenvalue weighted by molar-refractivity contribution is 0.0472. The van der Waals surface area contributed by atoms with Crippen LogP contribution in [0.4, 0.5) is 0 Å². The first-order valence-electron chi connectivity index (χ1n) is 10.1. The van der Waals surface area contributed by atoms with E-state index in [1.807, 2.05) is 48.5 Å². The third-order valence-corrected chi connectivity index (χ3v) is 5.83. The Labute approximate surface area is 195 Å². The van der Waals surface area contributed by atoms with Gasteiger partial charge >= 0.3 is 5.97 Å². The number of hydrogen-bond donors (Lipinski definition) is 0. The topological polar surface area (TPSA) is 88.4 Å². The number of tetrazole rings is 1. The molecule has 0 aliphatic rings. The second kappa shape index (κ2) is 10.6. The van der Waals surface area contributed by atoms with Crippen LogP contribution in [0.5, 0.6) is 11.5 Å². The lowest BCUT2D eigenvalue weighted by Crippen LogP contribution is -2.06. The minimum Gasteiger partial charge on any atom is -0.497 e. The summed E-state index contributed by atoms with van der Waals surface area (Å²) in [4.78, 5) is 12.4. The van der Waals surface area contributed by atoms with Gasteiger partial charge in [-0.15, -0.1) is 5.10 Å². The highest BCUT2D eigenvalue weighted by molar-refractivity contribution is 7.98. The Morgan fingerprint density at radius 3 is 2.06 bits per heavy atom. The van der Waals surface area contributed by atoms with Crippen molar-refractivity contribution >= 4 is 17.7 Å². The quantitative estimate of drug-likeness (QED) is 0.268. The van der Waals surface area contributed by atoms with Gasteiger partial charge in [-0.1, -0.05) is 36.0 Å². The summed E-state index contributed by atoms with van der Waals surface area (Å²) in [6.45, 7) is 0.184. The number of esters is 1. The highest BCUT2D eigenvalue weighted by Gasteiger charge is 2.12. The van der Waals surface area contributed by atoms with Crippen molar-refractivity contribution in [2.45, 2.75) is 17.5 Å². The van der Waals surface area contributed by atoms with Crippen LogP contribution < -0.4 is 9.47 Å². The highest BCUT2D eigenvalue weighted by Crippen LogP contribution is 2.24. The van der Waals surface area contributed by atoms with Gasteiger partial charge < -0.3 is 14.2 Å². The summed E-state index contributed by atoms with van der Waals surface area (Å²) in [6, 6.07) is 22.2. The molecule has 3 aromatic carbocycles. The maximum Gasteiger partial charge on any atom is 0.338 e. The highest BCUT2D eigenvalue weighted by atomic mass is 32.2. The van der Waals surface area contributed by atoms with Crippen molar-refractivity contribution in [1.82, 2.24) is 20.2 Å². The van der Waals surface area contributed by atoms with Gasteiger partial charge in [0.15, 0.2) is 0 Å². The van der Waals surface area contributed by atoms with Gasteiger partial charge in [0.2, 0.25) is 5.16 Å². The summed E-state index contributed by atoms with van der Waals surface area (Å²) in [5.74, 6) is 1.88. The summed E-state index contributed by atoms with van der Waals surface area (Å²) < 4.78 is 17.4. The van der Waals surface area contributed by atoms with Crippen LogP contribution in [0.2, 0.25) is 0 Å². The standard InChI is InChI=1S/C24H22N4O4S/c1-30-21-11-3-17(4-12-21)15-32-23(29)19-7-9-20(10-8-19)28-24(25-26-27-28)33-16-18-5-13-22(31-2)14-6-18/h3-14H,15-16H2,1-2H3. The van der Waals surface area contributed by atoms with Crippen LogP contribution in [0.1, 0.15) is 21.5 Å². The normalized spacial score (nSPS) is 10.6. The number of hydrogen-bond acceptors (Lipinski definition) is 8. The van der Waals surface area contributed by atoms with E-state index in [4.69, 9.17) is 14.2 Å². The molecule has 33 heavy (non-hydrogen) atoms. The predicted octanol–water partition coefficient (Wildman–Crippen LogP) is 4.33. The van der Waals surface area contributed by atoms with Gasteiger partial charge in [-0.05, 0) is 70.1 Å². The molecule has 1 heterocycles. The summed E-state index contributed by atoms with van der Waals surface area (Å²) >= 11 is 1.52. The van der Waals surface area contributed by atoms with E-state index < -0.39 is 5.97 Å². The molecule has 0 atom stereocenters. The van der Waals surface area contributed by atoms with Gasteiger partial charge in [-0.2, -0.15) is 4.68 Å². The molecule has 0 fully saturated rings. The Bertz CT molecular complexity index is 1190. The molecule has 0 aliphatic heterocycles. The van der Waals surface area contributed by atoms with Crippen molar-refractivity contribution in [3.8, 4) is 17.2 Å². The zero-order valence-electron chi connectivity index (χ0n) is 18.2. The fraction of sp³-hybridized carbons (Fsp3) is 0.167. The minimum absolute atomic E-state index is 0.184. The number of aromatic nitrogens is 4. The van der Waals surface area contributed by atoms with Crippen molar-refractivity contribution in [3.63, 3.8) is 0 Å². The molecule has 0 unspecified atom stereocenters. The number of methoxy groups -OCH3 is 2. The molecule has 4 rings (SSSR count). The van der Waals surface area contributed by atoms with E-state index in [0.29, 0.717) is 16.5 Å². The number of nitrogens with zero attached hydrogens (tertiary/aromatic N) is 4. The molecular formula is C24H22N4O4S. The van der Waals surface area contributed by atoms with Gasteiger partial charge in [-0.3, -0.25) is 0 Å². The number of carbonyl (C=O) groups excluding carboxylic acids is 1. The Hall–Kier alpha value is -3.85. The first-order chi connectivity index (χ1) is 16.2. The number of benzene rings is 3. The predicted molar refractivity (Wildman–Crippen MR) is 124 cm³/mol. The zero-order chi connectivity index (χ0) is 23.0. The first-order valence-corrected chi connectivity index (χ1v) is 11.1. The van der Waals surface area contributed by atoms with Crippen LogP contribution in [0, 0.1) is 0 Å². The van der Waals surface area contributed by atoms with E-state index in [1.165, 1.54) is 11.8 Å². The molecule has 0 N–H and O–H groups in total. The van der Waals surface area contributed by atoms with Gasteiger partial charge in [0, 0.05) is 5.75 Å². The van der Waals surface area contributed by atoms with E-state index in [1.54, 1.807) is 43.2 Å². The average molecular weight is 463 g/mol. The third kappa shape index (κ3) is 5.69. The second-order valence-electron chi connectivity index (χ2n) is 6.98. The van der Waals surface area contributed by atoms with Crippen molar-refractivity contribution in [2.75, 3.05) is 14.2 Å². The van der Waals surface area contributed by atoms with E-state index in [0.717, 1.165) is 28.3 Å². The molecule has 0 amide bonds. The van der Waals surface area contributed by atoms with Gasteiger partial charge in [0.1, 0.15) is 18.1 Å². The number of carbonyl (C=O) groups is 1. The minimum atomic E-state index is -0.400. The Balaban J connectivity index is 1.36. The lowest BCUT2D eigenvalue weighted by Gasteiger charge is -2.08. The molecule has 1 aromatic heterocycles. The van der Waals surface area contributed by atoms with Crippen LogP contribution in [0.15, 0.2) is 78.0 Å². The molecule has 8 nitrogen and oxygen atoms in total. The summed E-state index contributed by atoms with van der Waals surface area (Å²) in [6.07, 6.45) is 0. The van der Waals surface area contributed by atoms with Crippen LogP contribution in [-0.2, 0) is 17.1 Å². The second-order valence-corrected chi connectivity index (χ2v) is 7.92. The van der Waals surface area contributed by atoms with E-state index in [2.05, 4.69) is 15.5 Å². The molecule has 9 heteroatoms. The largest absolute Gasteiger partial charge is 0.497 e. The summed E-state index contributed by atoms with van der Waals surface area (Å²) in [5.41, 5.74) is 3.22.